The first-order valence-electron chi connectivity index (χ1n) is 7.76. The minimum Gasteiger partial charge on any atom is -0.346 e. The molecule has 6 nitrogen and oxygen atoms in total. The minimum atomic E-state index is -0.132. The predicted octanol–water partition coefficient (Wildman–Crippen LogP) is 1.04. The number of hydrogen-bond acceptors (Lipinski definition) is 4. The Morgan fingerprint density at radius 2 is 2.00 bits per heavy atom. The van der Waals surface area contributed by atoms with Gasteiger partial charge in [0.25, 0.3) is 0 Å². The van der Waals surface area contributed by atoms with Crippen molar-refractivity contribution in [2.75, 3.05) is 33.2 Å². The molecule has 1 aliphatic rings. The van der Waals surface area contributed by atoms with Crippen LogP contribution in [0.25, 0.3) is 0 Å². The third-order valence-corrected chi connectivity index (χ3v) is 3.71. The Bertz CT molecular complexity index is 498. The summed E-state index contributed by atoms with van der Waals surface area (Å²) in [7, 11) is 1.74. The lowest BCUT2D eigenvalue weighted by atomic mass is 10.2. The summed E-state index contributed by atoms with van der Waals surface area (Å²) in [5.74, 6) is 0.519. The number of nitrogens with zero attached hydrogens (tertiary/aromatic N) is 2. The number of amides is 2. The summed E-state index contributed by atoms with van der Waals surface area (Å²) in [5.41, 5.74) is 0.954. The molecule has 0 aliphatic heterocycles. The number of rotatable bonds is 9. The van der Waals surface area contributed by atoms with Gasteiger partial charge in [0, 0.05) is 31.9 Å². The first-order valence-corrected chi connectivity index (χ1v) is 7.76. The van der Waals surface area contributed by atoms with Gasteiger partial charge in [-0.05, 0) is 37.4 Å². The van der Waals surface area contributed by atoms with Crippen LogP contribution in [-0.4, -0.2) is 54.9 Å². The molecule has 1 aromatic heterocycles. The molecule has 1 aliphatic carbocycles. The first-order chi connectivity index (χ1) is 10.6. The number of carbonyl (C=O) groups excluding carboxylic acids is 2. The van der Waals surface area contributed by atoms with E-state index < -0.39 is 0 Å². The molecule has 0 saturated heterocycles. The van der Waals surface area contributed by atoms with Crippen LogP contribution in [0.5, 0.6) is 0 Å². The van der Waals surface area contributed by atoms with E-state index >= 15 is 0 Å². The van der Waals surface area contributed by atoms with Crippen molar-refractivity contribution >= 4 is 36.6 Å². The highest BCUT2D eigenvalue weighted by atomic mass is 35.5. The maximum absolute atomic E-state index is 11.9. The van der Waals surface area contributed by atoms with Gasteiger partial charge in [-0.2, -0.15) is 0 Å². The van der Waals surface area contributed by atoms with E-state index in [0.717, 1.165) is 18.2 Å². The Labute approximate surface area is 155 Å². The van der Waals surface area contributed by atoms with Gasteiger partial charge in [-0.15, -0.1) is 24.8 Å². The molecule has 1 aromatic rings. The van der Waals surface area contributed by atoms with Gasteiger partial charge in [-0.25, -0.2) is 0 Å². The summed E-state index contributed by atoms with van der Waals surface area (Å²) in [6.45, 7) is 1.81. The van der Waals surface area contributed by atoms with Crippen molar-refractivity contribution in [3.05, 3.63) is 30.1 Å². The van der Waals surface area contributed by atoms with Crippen molar-refractivity contribution in [1.82, 2.24) is 20.5 Å². The number of likely N-dealkylation sites (N-methyl/N-ethyl adjacent to an activating group) is 1. The molecule has 2 amide bonds. The fourth-order valence-corrected chi connectivity index (χ4v) is 2.04. The van der Waals surface area contributed by atoms with Gasteiger partial charge in [0.1, 0.15) is 0 Å². The van der Waals surface area contributed by atoms with Gasteiger partial charge < -0.3 is 15.5 Å². The zero-order chi connectivity index (χ0) is 15.8. The maximum Gasteiger partial charge on any atom is 0.241 e. The van der Waals surface area contributed by atoms with Crippen LogP contribution < -0.4 is 10.6 Å². The molecule has 136 valence electrons. The summed E-state index contributed by atoms with van der Waals surface area (Å²) in [6, 6.07) is 5.73. The molecule has 0 aromatic carbocycles. The summed E-state index contributed by atoms with van der Waals surface area (Å²) in [5, 5.41) is 5.75. The molecule has 8 heteroatoms. The van der Waals surface area contributed by atoms with Crippen LogP contribution in [-0.2, 0) is 16.0 Å². The Hall–Kier alpha value is -1.37. The second-order valence-corrected chi connectivity index (χ2v) is 5.74. The van der Waals surface area contributed by atoms with Crippen LogP contribution in [0.3, 0.4) is 0 Å². The van der Waals surface area contributed by atoms with Crippen LogP contribution in [0, 0.1) is 5.92 Å². The molecule has 1 fully saturated rings. The molecule has 0 atom stereocenters. The Morgan fingerprint density at radius 3 is 2.62 bits per heavy atom. The normalized spacial score (nSPS) is 12.5. The summed E-state index contributed by atoms with van der Waals surface area (Å²) in [6.07, 6.45) is 4.97. The monoisotopic (exact) mass is 376 g/mol. The average molecular weight is 377 g/mol. The van der Waals surface area contributed by atoms with Gasteiger partial charge in [-0.3, -0.25) is 14.6 Å². The van der Waals surface area contributed by atoms with E-state index in [9.17, 15) is 9.59 Å². The van der Waals surface area contributed by atoms with Gasteiger partial charge in [0.15, 0.2) is 0 Å². The van der Waals surface area contributed by atoms with E-state index in [-0.39, 0.29) is 49.7 Å². The number of nitrogens with one attached hydrogen (secondary N) is 2. The highest BCUT2D eigenvalue weighted by molar-refractivity contribution is 5.86. The fraction of sp³-hybridized carbons (Fsp3) is 0.562. The van der Waals surface area contributed by atoms with E-state index in [2.05, 4.69) is 15.6 Å². The number of carbonyl (C=O) groups is 2. The van der Waals surface area contributed by atoms with Crippen molar-refractivity contribution in [2.45, 2.75) is 19.3 Å². The third kappa shape index (κ3) is 9.05. The number of halogens is 2. The van der Waals surface area contributed by atoms with Crippen molar-refractivity contribution in [2.24, 2.45) is 5.92 Å². The Morgan fingerprint density at radius 1 is 1.25 bits per heavy atom. The highest BCUT2D eigenvalue weighted by Gasteiger charge is 2.20. The Kier molecular flexibility index (Phi) is 11.4. The second kappa shape index (κ2) is 12.1. The average Bonchev–Trinajstić information content (AvgIpc) is 3.35. The zero-order valence-electron chi connectivity index (χ0n) is 13.9. The lowest BCUT2D eigenvalue weighted by Gasteiger charge is -2.17. The van der Waals surface area contributed by atoms with E-state index in [1.807, 2.05) is 18.2 Å². The van der Waals surface area contributed by atoms with Crippen LogP contribution in [0.1, 0.15) is 18.5 Å². The zero-order valence-corrected chi connectivity index (χ0v) is 15.5. The minimum absolute atomic E-state index is 0. The Balaban J connectivity index is 0.00000264. The van der Waals surface area contributed by atoms with E-state index in [4.69, 9.17) is 0 Å². The summed E-state index contributed by atoms with van der Waals surface area (Å²) >= 11 is 0. The molecule has 24 heavy (non-hydrogen) atoms. The fourth-order valence-electron chi connectivity index (χ4n) is 2.04. The van der Waals surface area contributed by atoms with Crippen LogP contribution in [0.4, 0.5) is 0 Å². The molecular formula is C16H26Cl2N4O2. The van der Waals surface area contributed by atoms with Gasteiger partial charge in [-0.1, -0.05) is 6.07 Å². The molecular weight excluding hydrogens is 351 g/mol. The molecule has 2 N–H and O–H groups in total. The quantitative estimate of drug-likeness (QED) is 0.675. The van der Waals surface area contributed by atoms with Gasteiger partial charge in [0.05, 0.1) is 13.1 Å². The van der Waals surface area contributed by atoms with Crippen LogP contribution in [0.15, 0.2) is 24.4 Å². The van der Waals surface area contributed by atoms with Crippen molar-refractivity contribution < 1.29 is 9.59 Å². The predicted molar refractivity (Wildman–Crippen MR) is 98.7 cm³/mol. The molecule has 0 spiro atoms. The van der Waals surface area contributed by atoms with Crippen molar-refractivity contribution in [3.8, 4) is 0 Å². The third-order valence-electron chi connectivity index (χ3n) is 3.71. The topological polar surface area (TPSA) is 74.3 Å². The molecule has 0 unspecified atom stereocenters. The van der Waals surface area contributed by atoms with Gasteiger partial charge in [0.2, 0.25) is 11.8 Å². The molecule has 0 radical (unpaired) electrons. The lowest BCUT2D eigenvalue weighted by Crippen LogP contribution is -2.42. The molecule has 1 saturated carbocycles. The first kappa shape index (κ1) is 22.6. The number of pyridine rings is 1. The lowest BCUT2D eigenvalue weighted by molar-refractivity contribution is -0.131. The van der Waals surface area contributed by atoms with Gasteiger partial charge >= 0.3 is 0 Å². The maximum atomic E-state index is 11.9. The van der Waals surface area contributed by atoms with Crippen LogP contribution >= 0.6 is 24.8 Å². The van der Waals surface area contributed by atoms with Crippen molar-refractivity contribution in [3.63, 3.8) is 0 Å². The smallest absolute Gasteiger partial charge is 0.241 e. The molecule has 2 rings (SSSR count). The summed E-state index contributed by atoms with van der Waals surface area (Å²) in [4.78, 5) is 29.4. The SMILES string of the molecule is CN(CCc1ccccn1)C(=O)CNC(=O)CNCC1CC1.Cl.Cl. The van der Waals surface area contributed by atoms with E-state index in [1.54, 1.807) is 18.1 Å². The molecule has 1 heterocycles. The van der Waals surface area contributed by atoms with E-state index in [1.165, 1.54) is 12.8 Å². The largest absolute Gasteiger partial charge is 0.346 e. The summed E-state index contributed by atoms with van der Waals surface area (Å²) < 4.78 is 0. The second-order valence-electron chi connectivity index (χ2n) is 5.74. The van der Waals surface area contributed by atoms with Crippen LogP contribution in [0.2, 0.25) is 0 Å². The number of aromatic nitrogens is 1. The van der Waals surface area contributed by atoms with Crippen molar-refractivity contribution in [1.29, 1.82) is 0 Å². The highest BCUT2D eigenvalue weighted by Crippen LogP contribution is 2.27. The number of hydrogen-bond donors (Lipinski definition) is 2. The molecule has 0 bridgehead atoms. The standard InChI is InChI=1S/C16H24N4O2.2ClH/c1-20(9-7-14-4-2-3-8-18-14)16(22)12-19-15(21)11-17-10-13-5-6-13;;/h2-4,8,13,17H,5-7,9-12H2,1H3,(H,19,21);2*1H. The van der Waals surface area contributed by atoms with E-state index in [0.29, 0.717) is 13.0 Å².